The number of rotatable bonds is 0. The van der Waals surface area contributed by atoms with Gasteiger partial charge in [-0.1, -0.05) is 6.08 Å². The molecule has 0 aromatic rings. The number of allylic oxidation sites excluding steroid dienone is 2. The fourth-order valence-electron chi connectivity index (χ4n) is 0.346. The first-order chi connectivity index (χ1) is 3.00. The third-order valence-corrected chi connectivity index (χ3v) is 0.614. The molecule has 0 fully saturated rings. The predicted octanol–water partition coefficient (Wildman–Crippen LogP) is 0.706. The minimum atomic E-state index is 0. The third-order valence-electron chi connectivity index (χ3n) is 0.614. The Hall–Kier alpha value is -0.201. The summed E-state index contributed by atoms with van der Waals surface area (Å²) in [7, 11) is 0. The van der Waals surface area contributed by atoms with E-state index in [4.69, 9.17) is 4.74 Å². The number of ether oxygens (including phenoxy) is 1. The maximum absolute atomic E-state index is 4.80. The van der Waals surface area contributed by atoms with Crippen molar-refractivity contribution in [3.05, 3.63) is 24.5 Å². The van der Waals surface area contributed by atoms with Gasteiger partial charge in [0.15, 0.2) is 0 Å². The van der Waals surface area contributed by atoms with Crippen LogP contribution >= 0.6 is 0 Å². The van der Waals surface area contributed by atoms with Crippen molar-refractivity contribution in [2.24, 2.45) is 0 Å². The van der Waals surface area contributed by atoms with Crippen molar-refractivity contribution in [2.45, 2.75) is 0 Å². The standard InChI is InChI=1S/C5H6O.Se/c1-2-4-6-5-3-1;/h1-4H,5H2;. The Morgan fingerprint density at radius 2 is 2.14 bits per heavy atom. The van der Waals surface area contributed by atoms with Crippen LogP contribution in [0.3, 0.4) is 0 Å². The molecule has 0 amide bonds. The Balaban J connectivity index is 0.000000360. The maximum Gasteiger partial charge on any atom is 0.106 e. The van der Waals surface area contributed by atoms with Crippen molar-refractivity contribution in [1.29, 1.82) is 0 Å². The zero-order valence-electron chi connectivity index (χ0n) is 3.83. The molecule has 38 valence electrons. The molecule has 0 aromatic carbocycles. The zero-order chi connectivity index (χ0) is 4.24. The minimum absolute atomic E-state index is 0. The van der Waals surface area contributed by atoms with Crippen LogP contribution in [-0.4, -0.2) is 23.7 Å². The fraction of sp³-hybridized carbons (Fsp3) is 0.200. The van der Waals surface area contributed by atoms with E-state index in [1.54, 1.807) is 6.26 Å². The van der Waals surface area contributed by atoms with Gasteiger partial charge < -0.3 is 4.74 Å². The van der Waals surface area contributed by atoms with Crippen LogP contribution in [0.4, 0.5) is 0 Å². The molecule has 1 heterocycles. The fourth-order valence-corrected chi connectivity index (χ4v) is 0.346. The van der Waals surface area contributed by atoms with Crippen LogP contribution < -0.4 is 0 Å². The Kier molecular flexibility index (Phi) is 3.86. The molecule has 1 aliphatic heterocycles. The second-order valence-electron chi connectivity index (χ2n) is 1.09. The molecule has 0 aromatic heterocycles. The molecule has 0 N–H and O–H groups in total. The van der Waals surface area contributed by atoms with Gasteiger partial charge in [0, 0.05) is 17.1 Å². The normalized spacial score (nSPS) is 14.9. The van der Waals surface area contributed by atoms with Crippen LogP contribution in [0.5, 0.6) is 0 Å². The summed E-state index contributed by atoms with van der Waals surface area (Å²) in [6.07, 6.45) is 7.47. The van der Waals surface area contributed by atoms with Crippen molar-refractivity contribution < 1.29 is 4.74 Å². The Bertz CT molecular complexity index is 74.1. The molecule has 0 aliphatic carbocycles. The molecule has 1 aliphatic rings. The van der Waals surface area contributed by atoms with Crippen LogP contribution in [0, 0.1) is 0 Å². The first-order valence-electron chi connectivity index (χ1n) is 1.93. The van der Waals surface area contributed by atoms with Gasteiger partial charge in [-0.3, -0.25) is 0 Å². The Labute approximate surface area is 53.5 Å². The molecular weight excluding hydrogens is 155 g/mol. The second kappa shape index (κ2) is 3.97. The van der Waals surface area contributed by atoms with Crippen molar-refractivity contribution >= 4 is 17.1 Å². The molecule has 2 heteroatoms. The Morgan fingerprint density at radius 3 is 2.29 bits per heavy atom. The van der Waals surface area contributed by atoms with Gasteiger partial charge in [-0.15, -0.1) is 0 Å². The van der Waals surface area contributed by atoms with E-state index < -0.39 is 0 Å². The first kappa shape index (κ1) is 6.80. The molecule has 0 saturated heterocycles. The maximum atomic E-state index is 4.80. The molecule has 0 spiro atoms. The van der Waals surface area contributed by atoms with E-state index in [1.165, 1.54) is 0 Å². The van der Waals surface area contributed by atoms with Gasteiger partial charge in [-0.05, 0) is 12.2 Å². The van der Waals surface area contributed by atoms with Gasteiger partial charge in [0.1, 0.15) is 6.61 Å². The van der Waals surface area contributed by atoms with E-state index in [2.05, 4.69) is 0 Å². The predicted molar refractivity (Wildman–Crippen MR) is 30.0 cm³/mol. The summed E-state index contributed by atoms with van der Waals surface area (Å²) in [5, 5.41) is 0. The molecule has 2 radical (unpaired) electrons. The molecule has 0 unspecified atom stereocenters. The van der Waals surface area contributed by atoms with Gasteiger partial charge in [0.05, 0.1) is 6.26 Å². The third kappa shape index (κ3) is 2.49. The summed E-state index contributed by atoms with van der Waals surface area (Å²) in [6, 6.07) is 0. The monoisotopic (exact) mass is 162 g/mol. The van der Waals surface area contributed by atoms with Crippen LogP contribution in [-0.2, 0) is 4.74 Å². The summed E-state index contributed by atoms with van der Waals surface area (Å²) in [5.74, 6) is 0. The minimum Gasteiger partial charge on any atom is -0.497 e. The first-order valence-corrected chi connectivity index (χ1v) is 1.93. The van der Waals surface area contributed by atoms with E-state index in [-0.39, 0.29) is 17.1 Å². The van der Waals surface area contributed by atoms with Crippen LogP contribution in [0.15, 0.2) is 24.5 Å². The van der Waals surface area contributed by atoms with Crippen LogP contribution in [0.2, 0.25) is 0 Å². The molecule has 7 heavy (non-hydrogen) atoms. The quantitative estimate of drug-likeness (QED) is 0.475. The van der Waals surface area contributed by atoms with E-state index in [9.17, 15) is 0 Å². The SMILES string of the molecule is C1=CCOC=C1.[Se]. The Morgan fingerprint density at radius 1 is 1.29 bits per heavy atom. The molecule has 0 bridgehead atoms. The molecule has 1 rings (SSSR count). The van der Waals surface area contributed by atoms with Crippen molar-refractivity contribution in [3.63, 3.8) is 0 Å². The largest absolute Gasteiger partial charge is 0.497 e. The van der Waals surface area contributed by atoms with E-state index >= 15 is 0 Å². The topological polar surface area (TPSA) is 9.23 Å². The number of hydrogen-bond acceptors (Lipinski definition) is 1. The zero-order valence-corrected chi connectivity index (χ0v) is 5.55. The average Bonchev–Trinajstić information content (AvgIpc) is 1.72. The van der Waals surface area contributed by atoms with Crippen LogP contribution in [0.25, 0.3) is 0 Å². The molecule has 0 saturated carbocycles. The van der Waals surface area contributed by atoms with Gasteiger partial charge in [-0.2, -0.15) is 0 Å². The van der Waals surface area contributed by atoms with Crippen molar-refractivity contribution in [2.75, 3.05) is 6.61 Å². The van der Waals surface area contributed by atoms with Crippen molar-refractivity contribution in [3.8, 4) is 0 Å². The summed E-state index contributed by atoms with van der Waals surface area (Å²) < 4.78 is 4.80. The summed E-state index contributed by atoms with van der Waals surface area (Å²) in [5.41, 5.74) is 0. The van der Waals surface area contributed by atoms with E-state index in [0.29, 0.717) is 0 Å². The molecular formula is C5H6OSe. The smallest absolute Gasteiger partial charge is 0.106 e. The van der Waals surface area contributed by atoms with E-state index in [0.717, 1.165) is 6.61 Å². The summed E-state index contributed by atoms with van der Waals surface area (Å²) in [4.78, 5) is 0. The van der Waals surface area contributed by atoms with Crippen LogP contribution in [0.1, 0.15) is 0 Å². The summed E-state index contributed by atoms with van der Waals surface area (Å²) >= 11 is 0. The second-order valence-corrected chi connectivity index (χ2v) is 1.09. The number of hydrogen-bond donors (Lipinski definition) is 0. The van der Waals surface area contributed by atoms with Crippen molar-refractivity contribution in [1.82, 2.24) is 0 Å². The average molecular weight is 161 g/mol. The van der Waals surface area contributed by atoms with Gasteiger partial charge >= 0.3 is 0 Å². The van der Waals surface area contributed by atoms with Gasteiger partial charge in [0.25, 0.3) is 0 Å². The molecule has 0 atom stereocenters. The van der Waals surface area contributed by atoms with Gasteiger partial charge in [0.2, 0.25) is 0 Å². The summed E-state index contributed by atoms with van der Waals surface area (Å²) in [6.45, 7) is 0.733. The van der Waals surface area contributed by atoms with E-state index in [1.807, 2.05) is 18.2 Å². The molecule has 1 nitrogen and oxygen atoms in total. The van der Waals surface area contributed by atoms with Gasteiger partial charge in [-0.25, -0.2) is 0 Å².